The van der Waals surface area contributed by atoms with Gasteiger partial charge in [-0.1, -0.05) is 37.9 Å². The summed E-state index contributed by atoms with van der Waals surface area (Å²) >= 11 is 1.70. The monoisotopic (exact) mass is 515 g/mol. The van der Waals surface area contributed by atoms with Gasteiger partial charge in [0.05, 0.1) is 11.9 Å². The number of rotatable bonds is 9. The molecule has 0 radical (unpaired) electrons. The van der Waals surface area contributed by atoms with Crippen molar-refractivity contribution in [3.63, 3.8) is 0 Å². The molecule has 2 aromatic heterocycles. The van der Waals surface area contributed by atoms with Crippen LogP contribution in [-0.2, 0) is 0 Å². The molecule has 1 saturated heterocycles. The quantitative estimate of drug-likeness (QED) is 0.236. The molecule has 2 aromatic carbocycles. The van der Waals surface area contributed by atoms with Gasteiger partial charge in [-0.05, 0) is 67.6 Å². The fourth-order valence-electron chi connectivity index (χ4n) is 4.37. The highest BCUT2D eigenvalue weighted by Crippen LogP contribution is 2.33. The number of anilines is 4. The van der Waals surface area contributed by atoms with Crippen molar-refractivity contribution in [1.29, 1.82) is 0 Å². The minimum atomic E-state index is -0.0672. The number of aryl methyl sites for hydroxylation is 1. The molecule has 0 bridgehead atoms. The van der Waals surface area contributed by atoms with Gasteiger partial charge in [-0.2, -0.15) is 0 Å². The summed E-state index contributed by atoms with van der Waals surface area (Å²) in [6.45, 7) is 8.49. The lowest BCUT2D eigenvalue weighted by Gasteiger charge is -2.20. The van der Waals surface area contributed by atoms with Gasteiger partial charge in [0.25, 0.3) is 11.6 Å². The Balaban J connectivity index is 1.42. The minimum absolute atomic E-state index is 0.0672. The van der Waals surface area contributed by atoms with Crippen LogP contribution in [0.4, 0.5) is 23.1 Å². The summed E-state index contributed by atoms with van der Waals surface area (Å²) in [6, 6.07) is 18.0. The van der Waals surface area contributed by atoms with Crippen molar-refractivity contribution in [2.45, 2.75) is 33.6 Å². The summed E-state index contributed by atoms with van der Waals surface area (Å²) in [4.78, 5) is 19.4. The van der Waals surface area contributed by atoms with Crippen LogP contribution in [0.5, 0.6) is 0 Å². The minimum Gasteiger partial charge on any atom is -0.423 e. The van der Waals surface area contributed by atoms with E-state index in [4.69, 9.17) is 4.42 Å². The third-order valence-corrected chi connectivity index (χ3v) is 7.56. The second-order valence-corrected chi connectivity index (χ2v) is 10.7. The van der Waals surface area contributed by atoms with Crippen LogP contribution in [0.15, 0.2) is 76.2 Å². The highest BCUT2D eigenvalue weighted by molar-refractivity contribution is 8.00. The van der Waals surface area contributed by atoms with Crippen molar-refractivity contribution in [3.8, 4) is 17.0 Å². The Morgan fingerprint density at radius 1 is 1.05 bits per heavy atom. The summed E-state index contributed by atoms with van der Waals surface area (Å²) in [5.41, 5.74) is 5.77. The van der Waals surface area contributed by atoms with Gasteiger partial charge in [0, 0.05) is 53.7 Å². The van der Waals surface area contributed by atoms with Crippen molar-refractivity contribution in [2.75, 3.05) is 33.8 Å². The van der Waals surface area contributed by atoms with Crippen molar-refractivity contribution in [2.24, 2.45) is 5.92 Å². The van der Waals surface area contributed by atoms with Crippen LogP contribution in [0.25, 0.3) is 17.0 Å². The predicted molar refractivity (Wildman–Crippen MR) is 154 cm³/mol. The van der Waals surface area contributed by atoms with E-state index in [2.05, 4.69) is 71.0 Å². The Morgan fingerprint density at radius 3 is 2.65 bits per heavy atom. The fourth-order valence-corrected chi connectivity index (χ4v) is 5.08. The Kier molecular flexibility index (Phi) is 7.55. The first-order chi connectivity index (χ1) is 18.0. The van der Waals surface area contributed by atoms with E-state index in [1.54, 1.807) is 41.0 Å². The van der Waals surface area contributed by atoms with Crippen LogP contribution < -0.4 is 20.5 Å². The van der Waals surface area contributed by atoms with Crippen molar-refractivity contribution >= 4 is 35.0 Å². The molecule has 5 rings (SSSR count). The standard InChI is InChI=1S/C29H33N5O2S/c1-20(2)19-37-32-23-10-9-21(3)26(16-23)31-29-30-18-27(36-29)22-14-24(33-11-6-7-12-33)17-25(15-22)34-13-5-4-8-28(34)35/h4-5,8-10,13-18,20,32H,6-7,11-12,19H2,1-3H3,(H,30,31). The SMILES string of the molecule is Cc1ccc(NSCC(C)C)cc1Nc1ncc(-c2cc(N3CCCC3)cc(-n3ccccc3=O)c2)o1. The first kappa shape index (κ1) is 25.0. The van der Waals surface area contributed by atoms with Crippen LogP contribution >= 0.6 is 11.9 Å². The van der Waals surface area contributed by atoms with Crippen LogP contribution in [0.1, 0.15) is 32.3 Å². The van der Waals surface area contributed by atoms with Gasteiger partial charge in [-0.15, -0.1) is 0 Å². The first-order valence-corrected chi connectivity index (χ1v) is 13.7. The molecule has 0 atom stereocenters. The molecule has 1 aliphatic heterocycles. The highest BCUT2D eigenvalue weighted by atomic mass is 32.2. The molecule has 1 fully saturated rings. The normalized spacial score (nSPS) is 13.4. The zero-order valence-corrected chi connectivity index (χ0v) is 22.3. The predicted octanol–water partition coefficient (Wildman–Crippen LogP) is 6.86. The van der Waals surface area contributed by atoms with E-state index in [1.165, 1.54) is 12.8 Å². The topological polar surface area (TPSA) is 75.3 Å². The van der Waals surface area contributed by atoms with Gasteiger partial charge in [-0.3, -0.25) is 9.36 Å². The van der Waals surface area contributed by atoms with E-state index in [-0.39, 0.29) is 5.56 Å². The number of benzene rings is 2. The Hall–Kier alpha value is -3.65. The lowest BCUT2D eigenvalue weighted by atomic mass is 10.1. The number of pyridine rings is 1. The largest absolute Gasteiger partial charge is 0.423 e. The van der Waals surface area contributed by atoms with Crippen LogP contribution in [0, 0.1) is 12.8 Å². The Morgan fingerprint density at radius 2 is 1.86 bits per heavy atom. The molecular formula is C29H33N5O2S. The zero-order chi connectivity index (χ0) is 25.8. The molecule has 0 amide bonds. The van der Waals surface area contributed by atoms with Crippen molar-refractivity contribution in [3.05, 3.63) is 82.9 Å². The Bertz CT molecular complexity index is 1420. The highest BCUT2D eigenvalue weighted by Gasteiger charge is 2.17. The van der Waals surface area contributed by atoms with Gasteiger partial charge in [0.15, 0.2) is 5.76 Å². The third kappa shape index (κ3) is 6.02. The second-order valence-electron chi connectivity index (χ2n) is 9.83. The second kappa shape index (κ2) is 11.2. The van der Waals surface area contributed by atoms with E-state index in [0.717, 1.165) is 52.7 Å². The molecule has 2 N–H and O–H groups in total. The molecule has 8 heteroatoms. The van der Waals surface area contributed by atoms with Crippen molar-refractivity contribution in [1.82, 2.24) is 9.55 Å². The maximum Gasteiger partial charge on any atom is 0.299 e. The van der Waals surface area contributed by atoms with Crippen LogP contribution in [0.2, 0.25) is 0 Å². The number of aromatic nitrogens is 2. The van der Waals surface area contributed by atoms with Gasteiger partial charge in [0.2, 0.25) is 0 Å². The molecular weight excluding hydrogens is 482 g/mol. The molecule has 3 heterocycles. The van der Waals surface area contributed by atoms with E-state index in [1.807, 2.05) is 12.1 Å². The molecule has 0 saturated carbocycles. The number of oxazole rings is 1. The van der Waals surface area contributed by atoms with E-state index in [9.17, 15) is 4.79 Å². The summed E-state index contributed by atoms with van der Waals surface area (Å²) in [7, 11) is 0. The molecule has 0 aliphatic carbocycles. The molecule has 4 aromatic rings. The summed E-state index contributed by atoms with van der Waals surface area (Å²) in [6.07, 6.45) is 5.87. The van der Waals surface area contributed by atoms with Crippen LogP contribution in [0.3, 0.4) is 0 Å². The molecule has 37 heavy (non-hydrogen) atoms. The average molecular weight is 516 g/mol. The lowest BCUT2D eigenvalue weighted by molar-refractivity contribution is 0.592. The third-order valence-electron chi connectivity index (χ3n) is 6.35. The van der Waals surface area contributed by atoms with Gasteiger partial charge >= 0.3 is 0 Å². The molecule has 0 unspecified atom stereocenters. The summed E-state index contributed by atoms with van der Waals surface area (Å²) < 4.78 is 11.2. The first-order valence-electron chi connectivity index (χ1n) is 12.8. The smallest absolute Gasteiger partial charge is 0.299 e. The number of nitrogens with one attached hydrogen (secondary N) is 2. The lowest BCUT2D eigenvalue weighted by Crippen LogP contribution is -2.19. The number of hydrogen-bond acceptors (Lipinski definition) is 7. The van der Waals surface area contributed by atoms with E-state index in [0.29, 0.717) is 17.7 Å². The average Bonchev–Trinajstić information content (AvgIpc) is 3.59. The van der Waals surface area contributed by atoms with Gasteiger partial charge < -0.3 is 19.4 Å². The molecule has 192 valence electrons. The number of hydrogen-bond donors (Lipinski definition) is 2. The molecule has 7 nitrogen and oxygen atoms in total. The Labute approximate surface area is 222 Å². The number of nitrogens with zero attached hydrogens (tertiary/aromatic N) is 3. The fraction of sp³-hybridized carbons (Fsp3) is 0.310. The zero-order valence-electron chi connectivity index (χ0n) is 21.5. The van der Waals surface area contributed by atoms with Crippen LogP contribution in [-0.4, -0.2) is 28.4 Å². The molecule has 0 spiro atoms. The van der Waals surface area contributed by atoms with E-state index < -0.39 is 0 Å². The van der Waals surface area contributed by atoms with Gasteiger partial charge in [0.1, 0.15) is 0 Å². The van der Waals surface area contributed by atoms with E-state index >= 15 is 0 Å². The van der Waals surface area contributed by atoms with Gasteiger partial charge in [-0.25, -0.2) is 4.98 Å². The summed E-state index contributed by atoms with van der Waals surface area (Å²) in [5.74, 6) is 2.30. The summed E-state index contributed by atoms with van der Waals surface area (Å²) in [5, 5.41) is 3.33. The molecule has 1 aliphatic rings. The van der Waals surface area contributed by atoms with Crippen molar-refractivity contribution < 1.29 is 4.42 Å². The maximum absolute atomic E-state index is 12.6. The maximum atomic E-state index is 12.6.